The molecule has 3 nitrogen and oxygen atoms in total. The highest BCUT2D eigenvalue weighted by atomic mass is 16.5. The van der Waals surface area contributed by atoms with Crippen LogP contribution in [-0.4, -0.2) is 44.4 Å². The van der Waals surface area contributed by atoms with E-state index in [1.165, 1.54) is 22.5 Å². The van der Waals surface area contributed by atoms with Crippen molar-refractivity contribution in [1.29, 1.82) is 0 Å². The molecule has 1 aliphatic carbocycles. The number of aryl methyl sites for hydroxylation is 1. The van der Waals surface area contributed by atoms with Crippen LogP contribution in [0.15, 0.2) is 35.6 Å². The molecule has 1 fully saturated rings. The van der Waals surface area contributed by atoms with Crippen LogP contribution in [0.5, 0.6) is 0 Å². The molecule has 0 bridgehead atoms. The van der Waals surface area contributed by atoms with Crippen LogP contribution in [0.25, 0.3) is 0 Å². The van der Waals surface area contributed by atoms with E-state index in [-0.39, 0.29) is 0 Å². The molecule has 3 rings (SSSR count). The van der Waals surface area contributed by atoms with E-state index in [2.05, 4.69) is 49.9 Å². The van der Waals surface area contributed by atoms with Gasteiger partial charge in [-0.05, 0) is 30.9 Å². The molecule has 1 aliphatic heterocycles. The minimum atomic E-state index is 0.427. The fraction of sp³-hybridized carbons (Fsp3) is 0.579. The van der Waals surface area contributed by atoms with Gasteiger partial charge in [0.05, 0.1) is 19.8 Å². The van der Waals surface area contributed by atoms with Gasteiger partial charge >= 0.3 is 0 Å². The zero-order valence-corrected chi connectivity index (χ0v) is 14.0. The molecular formula is C19H27NO2. The molecule has 0 unspecified atom stereocenters. The van der Waals surface area contributed by atoms with E-state index >= 15 is 0 Å². The lowest BCUT2D eigenvalue weighted by atomic mass is 9.70. The molecule has 2 aliphatic rings. The Hall–Kier alpha value is -1.32. The molecule has 0 amide bonds. The van der Waals surface area contributed by atoms with E-state index < -0.39 is 0 Å². The third-order valence-electron chi connectivity index (χ3n) is 4.88. The first kappa shape index (κ1) is 15.6. The number of morpholine rings is 1. The maximum Gasteiger partial charge on any atom is 0.105 e. The fourth-order valence-electron chi connectivity index (χ4n) is 3.53. The van der Waals surface area contributed by atoms with Gasteiger partial charge in [-0.2, -0.15) is 0 Å². The summed E-state index contributed by atoms with van der Waals surface area (Å²) in [6.07, 6.45) is 0. The standard InChI is InChI=1S/C19H27NO2/c1-4-22-19-17(13-20-9-11-21-12-10-20)15(3)18(19)16-7-5-14(2)6-8-16/h5-8,15,18H,4,9-13H2,1-3H3/t15-,18+/m0/s1. The lowest BCUT2D eigenvalue weighted by Gasteiger charge is -2.42. The van der Waals surface area contributed by atoms with Crippen LogP contribution >= 0.6 is 0 Å². The van der Waals surface area contributed by atoms with E-state index in [0.717, 1.165) is 39.5 Å². The second-order valence-electron chi connectivity index (χ2n) is 6.39. The van der Waals surface area contributed by atoms with Gasteiger partial charge in [0, 0.05) is 25.6 Å². The number of nitrogens with zero attached hydrogens (tertiary/aromatic N) is 1. The third-order valence-corrected chi connectivity index (χ3v) is 4.88. The fourth-order valence-corrected chi connectivity index (χ4v) is 3.53. The van der Waals surface area contributed by atoms with Gasteiger partial charge < -0.3 is 9.47 Å². The number of hydrogen-bond donors (Lipinski definition) is 0. The Morgan fingerprint density at radius 2 is 1.86 bits per heavy atom. The van der Waals surface area contributed by atoms with Crippen molar-refractivity contribution < 1.29 is 9.47 Å². The largest absolute Gasteiger partial charge is 0.498 e. The van der Waals surface area contributed by atoms with Crippen molar-refractivity contribution in [3.8, 4) is 0 Å². The molecule has 1 saturated heterocycles. The topological polar surface area (TPSA) is 21.7 Å². The van der Waals surface area contributed by atoms with Crippen LogP contribution in [0.4, 0.5) is 0 Å². The summed E-state index contributed by atoms with van der Waals surface area (Å²) in [4.78, 5) is 2.49. The van der Waals surface area contributed by atoms with Crippen LogP contribution in [0.3, 0.4) is 0 Å². The lowest BCUT2D eigenvalue weighted by molar-refractivity contribution is 0.0378. The number of benzene rings is 1. The molecule has 0 radical (unpaired) electrons. The molecule has 0 aromatic heterocycles. The Kier molecular flexibility index (Phi) is 4.84. The van der Waals surface area contributed by atoms with Crippen molar-refractivity contribution in [2.24, 2.45) is 5.92 Å². The van der Waals surface area contributed by atoms with Crippen molar-refractivity contribution in [1.82, 2.24) is 4.90 Å². The van der Waals surface area contributed by atoms with E-state index in [1.807, 2.05) is 0 Å². The number of ether oxygens (including phenoxy) is 2. The molecule has 22 heavy (non-hydrogen) atoms. The van der Waals surface area contributed by atoms with Crippen LogP contribution < -0.4 is 0 Å². The van der Waals surface area contributed by atoms with Gasteiger partial charge in [-0.3, -0.25) is 4.90 Å². The molecule has 1 aromatic carbocycles. The van der Waals surface area contributed by atoms with Gasteiger partial charge in [-0.25, -0.2) is 0 Å². The van der Waals surface area contributed by atoms with Crippen LogP contribution in [-0.2, 0) is 9.47 Å². The van der Waals surface area contributed by atoms with E-state index in [1.54, 1.807) is 0 Å². The summed E-state index contributed by atoms with van der Waals surface area (Å²) in [5.41, 5.74) is 4.17. The summed E-state index contributed by atoms with van der Waals surface area (Å²) in [7, 11) is 0. The molecule has 0 saturated carbocycles. The molecule has 1 aromatic rings. The zero-order valence-electron chi connectivity index (χ0n) is 14.0. The number of rotatable bonds is 5. The van der Waals surface area contributed by atoms with E-state index in [0.29, 0.717) is 11.8 Å². The first-order valence-corrected chi connectivity index (χ1v) is 8.43. The summed E-state index contributed by atoms with van der Waals surface area (Å²) >= 11 is 0. The number of allylic oxidation sites excluding steroid dienone is 1. The normalized spacial score (nSPS) is 26.0. The Morgan fingerprint density at radius 1 is 1.18 bits per heavy atom. The second kappa shape index (κ2) is 6.84. The average molecular weight is 301 g/mol. The highest BCUT2D eigenvalue weighted by Crippen LogP contribution is 2.48. The number of hydrogen-bond acceptors (Lipinski definition) is 3. The molecule has 0 N–H and O–H groups in total. The quantitative estimate of drug-likeness (QED) is 0.832. The summed E-state index contributed by atoms with van der Waals surface area (Å²) in [5, 5.41) is 0. The van der Waals surface area contributed by atoms with E-state index in [4.69, 9.17) is 9.47 Å². The minimum absolute atomic E-state index is 0.427. The predicted octanol–water partition coefficient (Wildman–Crippen LogP) is 3.35. The zero-order chi connectivity index (χ0) is 15.5. The minimum Gasteiger partial charge on any atom is -0.498 e. The highest BCUT2D eigenvalue weighted by Gasteiger charge is 2.40. The molecule has 0 spiro atoms. The predicted molar refractivity (Wildman–Crippen MR) is 89.0 cm³/mol. The molecular weight excluding hydrogens is 274 g/mol. The Labute approximate surface area is 133 Å². The van der Waals surface area contributed by atoms with Crippen molar-refractivity contribution in [3.05, 3.63) is 46.7 Å². The van der Waals surface area contributed by atoms with Gasteiger partial charge in [0.25, 0.3) is 0 Å². The third kappa shape index (κ3) is 3.06. The molecule has 120 valence electrons. The summed E-state index contributed by atoms with van der Waals surface area (Å²) in [6, 6.07) is 8.90. The van der Waals surface area contributed by atoms with Crippen LogP contribution in [0, 0.1) is 12.8 Å². The maximum absolute atomic E-state index is 6.02. The second-order valence-corrected chi connectivity index (χ2v) is 6.39. The Balaban J connectivity index is 1.78. The van der Waals surface area contributed by atoms with E-state index in [9.17, 15) is 0 Å². The molecule has 3 heteroatoms. The summed E-state index contributed by atoms with van der Waals surface area (Å²) in [5.74, 6) is 2.20. The van der Waals surface area contributed by atoms with Crippen LogP contribution in [0.1, 0.15) is 30.9 Å². The Bertz CT molecular complexity index is 529. The smallest absolute Gasteiger partial charge is 0.105 e. The van der Waals surface area contributed by atoms with Crippen molar-refractivity contribution in [2.75, 3.05) is 39.5 Å². The van der Waals surface area contributed by atoms with Gasteiger partial charge in [0.2, 0.25) is 0 Å². The SMILES string of the molecule is CCOC1=C(CN2CCOCC2)[C@H](C)[C@@H]1c1ccc(C)cc1. The van der Waals surface area contributed by atoms with Crippen molar-refractivity contribution in [2.45, 2.75) is 26.7 Å². The summed E-state index contributed by atoms with van der Waals surface area (Å²) in [6.45, 7) is 12.1. The van der Waals surface area contributed by atoms with Crippen molar-refractivity contribution in [3.63, 3.8) is 0 Å². The lowest BCUT2D eigenvalue weighted by Crippen LogP contribution is -2.42. The Morgan fingerprint density at radius 3 is 2.50 bits per heavy atom. The van der Waals surface area contributed by atoms with Crippen LogP contribution in [0.2, 0.25) is 0 Å². The monoisotopic (exact) mass is 301 g/mol. The van der Waals surface area contributed by atoms with Gasteiger partial charge in [0.15, 0.2) is 0 Å². The molecule has 1 heterocycles. The first-order chi connectivity index (χ1) is 10.7. The van der Waals surface area contributed by atoms with Gasteiger partial charge in [-0.1, -0.05) is 36.8 Å². The summed E-state index contributed by atoms with van der Waals surface area (Å²) < 4.78 is 11.5. The maximum atomic E-state index is 6.02. The molecule has 2 atom stereocenters. The average Bonchev–Trinajstić information content (AvgIpc) is 2.55. The van der Waals surface area contributed by atoms with Gasteiger partial charge in [-0.15, -0.1) is 0 Å². The highest BCUT2D eigenvalue weighted by molar-refractivity contribution is 5.42. The van der Waals surface area contributed by atoms with Crippen molar-refractivity contribution >= 4 is 0 Å². The van der Waals surface area contributed by atoms with Gasteiger partial charge in [0.1, 0.15) is 5.76 Å². The first-order valence-electron chi connectivity index (χ1n) is 8.43.